The van der Waals surface area contributed by atoms with Gasteiger partial charge < -0.3 is 14.2 Å². The SMILES string of the molecule is CCOC(COc1ccc(C)cc1Cl)OCC. The summed E-state index contributed by atoms with van der Waals surface area (Å²) >= 11 is 6.06. The van der Waals surface area contributed by atoms with E-state index in [1.165, 1.54) is 0 Å². The van der Waals surface area contributed by atoms with Gasteiger partial charge in [0.15, 0.2) is 6.29 Å². The first-order valence-electron chi connectivity index (χ1n) is 5.79. The summed E-state index contributed by atoms with van der Waals surface area (Å²) in [5, 5.41) is 0.608. The van der Waals surface area contributed by atoms with Crippen LogP contribution in [-0.4, -0.2) is 26.1 Å². The predicted octanol–water partition coefficient (Wildman–Crippen LogP) is 3.43. The number of rotatable bonds is 7. The van der Waals surface area contributed by atoms with E-state index in [2.05, 4.69) is 0 Å². The zero-order valence-corrected chi connectivity index (χ0v) is 11.3. The van der Waals surface area contributed by atoms with Crippen LogP contribution in [0.5, 0.6) is 5.75 Å². The molecule has 0 aliphatic carbocycles. The molecule has 3 nitrogen and oxygen atoms in total. The van der Waals surface area contributed by atoms with Gasteiger partial charge in [-0.1, -0.05) is 17.7 Å². The minimum Gasteiger partial charge on any atom is -0.487 e. The Morgan fingerprint density at radius 1 is 1.18 bits per heavy atom. The molecule has 96 valence electrons. The Balaban J connectivity index is 2.52. The first-order chi connectivity index (χ1) is 8.17. The summed E-state index contributed by atoms with van der Waals surface area (Å²) in [6.07, 6.45) is -0.345. The highest BCUT2D eigenvalue weighted by Crippen LogP contribution is 2.25. The molecule has 0 fully saturated rings. The van der Waals surface area contributed by atoms with Crippen LogP contribution in [0.3, 0.4) is 0 Å². The molecule has 17 heavy (non-hydrogen) atoms. The summed E-state index contributed by atoms with van der Waals surface area (Å²) in [5.74, 6) is 0.654. The van der Waals surface area contributed by atoms with Crippen LogP contribution in [0.15, 0.2) is 18.2 Å². The minimum absolute atomic E-state index is 0.338. The molecule has 0 aliphatic rings. The van der Waals surface area contributed by atoms with Crippen LogP contribution < -0.4 is 4.74 Å². The molecule has 0 aromatic heterocycles. The molecule has 0 atom stereocenters. The van der Waals surface area contributed by atoms with Crippen LogP contribution in [0.25, 0.3) is 0 Å². The Labute approximate surface area is 108 Å². The van der Waals surface area contributed by atoms with Gasteiger partial charge in [0.25, 0.3) is 0 Å². The Kier molecular flexibility index (Phi) is 6.34. The number of aryl methyl sites for hydroxylation is 1. The van der Waals surface area contributed by atoms with E-state index >= 15 is 0 Å². The van der Waals surface area contributed by atoms with Crippen molar-refractivity contribution < 1.29 is 14.2 Å². The molecular weight excluding hydrogens is 240 g/mol. The lowest BCUT2D eigenvalue weighted by atomic mass is 10.2. The normalized spacial score (nSPS) is 10.9. The Morgan fingerprint density at radius 2 is 1.82 bits per heavy atom. The summed E-state index contributed by atoms with van der Waals surface area (Å²) in [6, 6.07) is 5.68. The van der Waals surface area contributed by atoms with Gasteiger partial charge in [-0.05, 0) is 38.5 Å². The van der Waals surface area contributed by atoms with Crippen molar-refractivity contribution in [1.82, 2.24) is 0 Å². The van der Waals surface area contributed by atoms with Crippen molar-refractivity contribution >= 4 is 11.6 Å². The molecular formula is C13H19ClO3. The molecule has 4 heteroatoms. The zero-order chi connectivity index (χ0) is 12.7. The summed E-state index contributed by atoms with van der Waals surface area (Å²) in [5.41, 5.74) is 1.11. The van der Waals surface area contributed by atoms with Gasteiger partial charge in [-0.3, -0.25) is 0 Å². The van der Waals surface area contributed by atoms with E-state index in [0.29, 0.717) is 30.6 Å². The van der Waals surface area contributed by atoms with Crippen molar-refractivity contribution in [3.63, 3.8) is 0 Å². The van der Waals surface area contributed by atoms with Crippen LogP contribution in [0.2, 0.25) is 5.02 Å². The highest BCUT2D eigenvalue weighted by atomic mass is 35.5. The topological polar surface area (TPSA) is 27.7 Å². The smallest absolute Gasteiger partial charge is 0.191 e. The van der Waals surface area contributed by atoms with Crippen LogP contribution in [-0.2, 0) is 9.47 Å². The van der Waals surface area contributed by atoms with E-state index in [0.717, 1.165) is 5.56 Å². The molecule has 0 saturated heterocycles. The molecule has 0 N–H and O–H groups in total. The van der Waals surface area contributed by atoms with Gasteiger partial charge in [-0.25, -0.2) is 0 Å². The number of benzene rings is 1. The largest absolute Gasteiger partial charge is 0.487 e. The lowest BCUT2D eigenvalue weighted by Gasteiger charge is -2.18. The van der Waals surface area contributed by atoms with Gasteiger partial charge >= 0.3 is 0 Å². The van der Waals surface area contributed by atoms with Gasteiger partial charge in [0.1, 0.15) is 12.4 Å². The maximum Gasteiger partial charge on any atom is 0.191 e. The molecule has 0 unspecified atom stereocenters. The second-order valence-electron chi connectivity index (χ2n) is 3.59. The number of halogens is 1. The lowest BCUT2D eigenvalue weighted by molar-refractivity contribution is -0.152. The lowest BCUT2D eigenvalue weighted by Crippen LogP contribution is -2.25. The quantitative estimate of drug-likeness (QED) is 0.702. The van der Waals surface area contributed by atoms with Crippen molar-refractivity contribution in [3.05, 3.63) is 28.8 Å². The Hall–Kier alpha value is -0.770. The van der Waals surface area contributed by atoms with Gasteiger partial charge in [0.05, 0.1) is 5.02 Å². The zero-order valence-electron chi connectivity index (χ0n) is 10.5. The van der Waals surface area contributed by atoms with Crippen molar-refractivity contribution in [2.75, 3.05) is 19.8 Å². The molecule has 0 radical (unpaired) electrons. The van der Waals surface area contributed by atoms with Crippen LogP contribution in [0, 0.1) is 6.92 Å². The molecule has 1 aromatic carbocycles. The second kappa shape index (κ2) is 7.54. The molecule has 0 amide bonds. The van der Waals surface area contributed by atoms with E-state index in [9.17, 15) is 0 Å². The van der Waals surface area contributed by atoms with E-state index in [1.807, 2.05) is 39.0 Å². The highest BCUT2D eigenvalue weighted by Gasteiger charge is 2.10. The second-order valence-corrected chi connectivity index (χ2v) is 3.99. The summed E-state index contributed by atoms with van der Waals surface area (Å²) < 4.78 is 16.3. The number of hydrogen-bond donors (Lipinski definition) is 0. The fraction of sp³-hybridized carbons (Fsp3) is 0.538. The fourth-order valence-electron chi connectivity index (χ4n) is 1.40. The van der Waals surface area contributed by atoms with Gasteiger partial charge in [0.2, 0.25) is 0 Å². The van der Waals surface area contributed by atoms with Crippen molar-refractivity contribution in [3.8, 4) is 5.75 Å². The standard InChI is InChI=1S/C13H19ClO3/c1-4-15-13(16-5-2)9-17-12-7-6-10(3)8-11(12)14/h6-8,13H,4-5,9H2,1-3H3. The highest BCUT2D eigenvalue weighted by molar-refractivity contribution is 6.32. The van der Waals surface area contributed by atoms with E-state index < -0.39 is 0 Å². The van der Waals surface area contributed by atoms with Crippen LogP contribution in [0.1, 0.15) is 19.4 Å². The maximum absolute atomic E-state index is 6.06. The molecule has 0 aliphatic heterocycles. The predicted molar refractivity (Wildman–Crippen MR) is 68.7 cm³/mol. The molecule has 0 bridgehead atoms. The molecule has 0 saturated carbocycles. The Morgan fingerprint density at radius 3 is 2.35 bits per heavy atom. The number of ether oxygens (including phenoxy) is 3. The molecule has 1 rings (SSSR count). The van der Waals surface area contributed by atoms with Crippen molar-refractivity contribution in [2.24, 2.45) is 0 Å². The third-order valence-corrected chi connectivity index (χ3v) is 2.46. The summed E-state index contributed by atoms with van der Waals surface area (Å²) in [4.78, 5) is 0. The van der Waals surface area contributed by atoms with E-state index in [4.69, 9.17) is 25.8 Å². The maximum atomic E-state index is 6.06. The minimum atomic E-state index is -0.345. The van der Waals surface area contributed by atoms with Crippen molar-refractivity contribution in [1.29, 1.82) is 0 Å². The first-order valence-corrected chi connectivity index (χ1v) is 6.17. The summed E-state index contributed by atoms with van der Waals surface area (Å²) in [7, 11) is 0. The molecule has 0 heterocycles. The first kappa shape index (κ1) is 14.3. The summed E-state index contributed by atoms with van der Waals surface area (Å²) in [6.45, 7) is 7.35. The van der Waals surface area contributed by atoms with Crippen LogP contribution in [0.4, 0.5) is 0 Å². The van der Waals surface area contributed by atoms with Gasteiger partial charge in [-0.15, -0.1) is 0 Å². The third-order valence-electron chi connectivity index (χ3n) is 2.17. The molecule has 1 aromatic rings. The van der Waals surface area contributed by atoms with E-state index in [-0.39, 0.29) is 6.29 Å². The average molecular weight is 259 g/mol. The molecule has 0 spiro atoms. The Bertz CT molecular complexity index is 335. The average Bonchev–Trinajstić information content (AvgIpc) is 2.28. The van der Waals surface area contributed by atoms with Gasteiger partial charge in [0, 0.05) is 13.2 Å². The van der Waals surface area contributed by atoms with Crippen LogP contribution >= 0.6 is 11.6 Å². The van der Waals surface area contributed by atoms with Gasteiger partial charge in [-0.2, -0.15) is 0 Å². The fourth-order valence-corrected chi connectivity index (χ4v) is 1.69. The number of hydrogen-bond acceptors (Lipinski definition) is 3. The van der Waals surface area contributed by atoms with E-state index in [1.54, 1.807) is 0 Å². The van der Waals surface area contributed by atoms with Crippen molar-refractivity contribution in [2.45, 2.75) is 27.1 Å². The third kappa shape index (κ3) is 4.94. The monoisotopic (exact) mass is 258 g/mol.